The second kappa shape index (κ2) is 7.45. The number of nitrogens with zero attached hydrogens (tertiary/aromatic N) is 4. The standard InChI is InChI=1S/C18H17N5O2S/c1-11-14(8-9-25-11)16-21-22-18(23(16)3)26-12(2)17(24)20-15-7-5-4-6-13(15)10-19/h4-9,12H,1-3H3,(H,20,24)/t12-/m0/s1. The summed E-state index contributed by atoms with van der Waals surface area (Å²) in [5, 5.41) is 20.5. The number of carbonyl (C=O) groups is 1. The van der Waals surface area contributed by atoms with Gasteiger partial charge in [-0.25, -0.2) is 0 Å². The highest BCUT2D eigenvalue weighted by molar-refractivity contribution is 8.00. The Morgan fingerprint density at radius 1 is 1.35 bits per heavy atom. The highest BCUT2D eigenvalue weighted by Crippen LogP contribution is 2.28. The van der Waals surface area contributed by atoms with Crippen molar-refractivity contribution in [2.75, 3.05) is 5.32 Å². The van der Waals surface area contributed by atoms with Gasteiger partial charge in [-0.15, -0.1) is 10.2 Å². The average Bonchev–Trinajstić information content (AvgIpc) is 3.21. The Bertz CT molecular complexity index is 986. The van der Waals surface area contributed by atoms with Crippen molar-refractivity contribution < 1.29 is 9.21 Å². The van der Waals surface area contributed by atoms with E-state index >= 15 is 0 Å². The zero-order valence-corrected chi connectivity index (χ0v) is 15.4. The molecule has 0 aliphatic rings. The molecule has 1 atom stereocenters. The van der Waals surface area contributed by atoms with Crippen molar-refractivity contribution in [1.82, 2.24) is 14.8 Å². The second-order valence-electron chi connectivity index (χ2n) is 5.66. The molecule has 1 aromatic carbocycles. The molecular formula is C18H17N5O2S. The van der Waals surface area contributed by atoms with E-state index in [1.165, 1.54) is 11.8 Å². The molecule has 0 saturated heterocycles. The lowest BCUT2D eigenvalue weighted by Crippen LogP contribution is -2.23. The van der Waals surface area contributed by atoms with Gasteiger partial charge in [-0.1, -0.05) is 23.9 Å². The molecule has 1 N–H and O–H groups in total. The number of hydrogen-bond donors (Lipinski definition) is 1. The number of anilines is 1. The first-order valence-corrected chi connectivity index (χ1v) is 8.79. The van der Waals surface area contributed by atoms with E-state index in [-0.39, 0.29) is 5.91 Å². The molecule has 7 nitrogen and oxygen atoms in total. The summed E-state index contributed by atoms with van der Waals surface area (Å²) in [5.74, 6) is 1.24. The predicted molar refractivity (Wildman–Crippen MR) is 98.5 cm³/mol. The number of nitriles is 1. The van der Waals surface area contributed by atoms with Crippen molar-refractivity contribution in [2.24, 2.45) is 7.05 Å². The zero-order chi connectivity index (χ0) is 18.7. The Labute approximate surface area is 155 Å². The van der Waals surface area contributed by atoms with Gasteiger partial charge in [-0.05, 0) is 32.0 Å². The van der Waals surface area contributed by atoms with E-state index in [0.717, 1.165) is 11.3 Å². The molecule has 1 amide bonds. The first-order chi connectivity index (χ1) is 12.5. The number of carbonyl (C=O) groups excluding carboxylic acids is 1. The monoisotopic (exact) mass is 367 g/mol. The Morgan fingerprint density at radius 2 is 2.12 bits per heavy atom. The van der Waals surface area contributed by atoms with Gasteiger partial charge in [0, 0.05) is 7.05 Å². The minimum Gasteiger partial charge on any atom is -0.469 e. The van der Waals surface area contributed by atoms with Crippen LogP contribution in [0.25, 0.3) is 11.4 Å². The maximum atomic E-state index is 12.5. The molecule has 132 valence electrons. The third-order valence-corrected chi connectivity index (χ3v) is 5.03. The molecule has 3 aromatic rings. The highest BCUT2D eigenvalue weighted by atomic mass is 32.2. The van der Waals surface area contributed by atoms with Gasteiger partial charge in [0.25, 0.3) is 0 Å². The van der Waals surface area contributed by atoms with Gasteiger partial charge in [-0.2, -0.15) is 5.26 Å². The number of benzene rings is 1. The molecule has 2 heterocycles. The Balaban J connectivity index is 1.73. The van der Waals surface area contributed by atoms with Crippen molar-refractivity contribution in [3.63, 3.8) is 0 Å². The number of nitrogens with one attached hydrogen (secondary N) is 1. The molecule has 3 rings (SSSR count). The number of aromatic nitrogens is 3. The van der Waals surface area contributed by atoms with Crippen molar-refractivity contribution in [3.05, 3.63) is 47.9 Å². The van der Waals surface area contributed by atoms with Crippen LogP contribution in [0.15, 0.2) is 46.2 Å². The highest BCUT2D eigenvalue weighted by Gasteiger charge is 2.21. The smallest absolute Gasteiger partial charge is 0.237 e. The molecule has 8 heteroatoms. The summed E-state index contributed by atoms with van der Waals surface area (Å²) in [6.45, 7) is 3.64. The van der Waals surface area contributed by atoms with Crippen LogP contribution in [0.3, 0.4) is 0 Å². The lowest BCUT2D eigenvalue weighted by atomic mass is 10.2. The van der Waals surface area contributed by atoms with Gasteiger partial charge < -0.3 is 14.3 Å². The summed E-state index contributed by atoms with van der Waals surface area (Å²) in [4.78, 5) is 12.5. The minimum absolute atomic E-state index is 0.207. The van der Waals surface area contributed by atoms with Gasteiger partial charge in [-0.3, -0.25) is 4.79 Å². The van der Waals surface area contributed by atoms with Crippen molar-refractivity contribution >= 4 is 23.4 Å². The Morgan fingerprint density at radius 3 is 2.81 bits per heavy atom. The number of furan rings is 1. The summed E-state index contributed by atoms with van der Waals surface area (Å²) in [6.07, 6.45) is 1.61. The molecule has 26 heavy (non-hydrogen) atoms. The third-order valence-electron chi connectivity index (χ3n) is 3.89. The van der Waals surface area contributed by atoms with E-state index in [0.29, 0.717) is 22.2 Å². The van der Waals surface area contributed by atoms with Crippen LogP contribution in [0.1, 0.15) is 18.2 Å². The molecule has 0 radical (unpaired) electrons. The second-order valence-corrected chi connectivity index (χ2v) is 6.97. The third kappa shape index (κ3) is 3.48. The topological polar surface area (TPSA) is 96.7 Å². The van der Waals surface area contributed by atoms with Gasteiger partial charge >= 0.3 is 0 Å². The molecule has 0 bridgehead atoms. The van der Waals surface area contributed by atoms with Crippen LogP contribution in [-0.2, 0) is 11.8 Å². The van der Waals surface area contributed by atoms with Crippen LogP contribution in [0, 0.1) is 18.3 Å². The van der Waals surface area contributed by atoms with E-state index in [2.05, 4.69) is 21.6 Å². The number of para-hydroxylation sites is 1. The van der Waals surface area contributed by atoms with Gasteiger partial charge in [0.1, 0.15) is 11.8 Å². The minimum atomic E-state index is -0.414. The van der Waals surface area contributed by atoms with Crippen LogP contribution in [0.5, 0.6) is 0 Å². The molecule has 0 saturated carbocycles. The fraction of sp³-hybridized carbons (Fsp3) is 0.222. The molecule has 0 fully saturated rings. The lowest BCUT2D eigenvalue weighted by molar-refractivity contribution is -0.115. The van der Waals surface area contributed by atoms with E-state index in [4.69, 9.17) is 9.68 Å². The molecule has 0 unspecified atom stereocenters. The van der Waals surface area contributed by atoms with Crippen molar-refractivity contribution in [3.8, 4) is 17.5 Å². The fourth-order valence-electron chi connectivity index (χ4n) is 2.40. The predicted octanol–water partition coefficient (Wildman–Crippen LogP) is 3.37. The zero-order valence-electron chi connectivity index (χ0n) is 14.6. The summed E-state index contributed by atoms with van der Waals surface area (Å²) >= 11 is 1.30. The van der Waals surface area contributed by atoms with E-state index in [9.17, 15) is 4.79 Å². The molecule has 0 aliphatic carbocycles. The van der Waals surface area contributed by atoms with E-state index < -0.39 is 5.25 Å². The van der Waals surface area contributed by atoms with Crippen LogP contribution in [0.4, 0.5) is 5.69 Å². The number of aryl methyl sites for hydroxylation is 1. The first-order valence-electron chi connectivity index (χ1n) is 7.91. The Kier molecular flexibility index (Phi) is 5.09. The summed E-state index contributed by atoms with van der Waals surface area (Å²) in [5.41, 5.74) is 1.79. The van der Waals surface area contributed by atoms with Crippen molar-refractivity contribution in [1.29, 1.82) is 5.26 Å². The van der Waals surface area contributed by atoms with Crippen LogP contribution >= 0.6 is 11.8 Å². The number of hydrogen-bond acceptors (Lipinski definition) is 6. The van der Waals surface area contributed by atoms with Gasteiger partial charge in [0.15, 0.2) is 11.0 Å². The summed E-state index contributed by atoms with van der Waals surface area (Å²) < 4.78 is 7.14. The SMILES string of the molecule is Cc1occc1-c1nnc(S[C@@H](C)C(=O)Nc2ccccc2C#N)n1C. The van der Waals surface area contributed by atoms with Gasteiger partial charge in [0.05, 0.1) is 28.3 Å². The first kappa shape index (κ1) is 17.8. The van der Waals surface area contributed by atoms with E-state index in [1.807, 2.05) is 24.6 Å². The summed E-state index contributed by atoms with van der Waals surface area (Å²) in [7, 11) is 1.85. The quantitative estimate of drug-likeness (QED) is 0.695. The molecule has 2 aromatic heterocycles. The molecular weight excluding hydrogens is 350 g/mol. The molecule has 0 aliphatic heterocycles. The summed E-state index contributed by atoms with van der Waals surface area (Å²) in [6, 6.07) is 10.8. The largest absolute Gasteiger partial charge is 0.469 e. The fourth-order valence-corrected chi connectivity index (χ4v) is 3.22. The lowest BCUT2D eigenvalue weighted by Gasteiger charge is -2.12. The number of rotatable bonds is 5. The number of thioether (sulfide) groups is 1. The maximum Gasteiger partial charge on any atom is 0.237 e. The number of amides is 1. The van der Waals surface area contributed by atoms with Crippen LogP contribution in [-0.4, -0.2) is 25.9 Å². The van der Waals surface area contributed by atoms with E-state index in [1.54, 1.807) is 37.5 Å². The Hall–Kier alpha value is -3.05. The van der Waals surface area contributed by atoms with Crippen LogP contribution in [0.2, 0.25) is 0 Å². The molecule has 0 spiro atoms. The normalized spacial score (nSPS) is 11.8. The maximum absolute atomic E-state index is 12.5. The van der Waals surface area contributed by atoms with Gasteiger partial charge in [0.2, 0.25) is 5.91 Å². The van der Waals surface area contributed by atoms with Crippen molar-refractivity contribution in [2.45, 2.75) is 24.3 Å². The average molecular weight is 367 g/mol. The van der Waals surface area contributed by atoms with Crippen LogP contribution < -0.4 is 5.32 Å².